The lowest BCUT2D eigenvalue weighted by atomic mass is 9.73. The standard InChI is InChI=1S/C17H24BNO3.C3H8.H2/c1-15(2)10-14(20)19-13-9-11(7-8-12(13)15)18-21-16(3,4)17(5,6)22-18;1-3-2;/h7-9H,10H2,1-6H3,(H,19,20);3H2,1-2H3;1H. The van der Waals surface area contributed by atoms with Crippen LogP contribution in [0.15, 0.2) is 18.2 Å². The van der Waals surface area contributed by atoms with Crippen LogP contribution in [-0.4, -0.2) is 24.2 Å². The Morgan fingerprint density at radius 1 is 1.08 bits per heavy atom. The predicted octanol–water partition coefficient (Wildman–Crippen LogP) is 4.27. The third-order valence-electron chi connectivity index (χ3n) is 5.17. The van der Waals surface area contributed by atoms with Crippen LogP contribution >= 0.6 is 0 Å². The van der Waals surface area contributed by atoms with Crippen LogP contribution in [0.5, 0.6) is 0 Å². The lowest BCUT2D eigenvalue weighted by molar-refractivity contribution is -0.117. The Bertz CT molecular complexity index is 642. The summed E-state index contributed by atoms with van der Waals surface area (Å²) in [6, 6.07) is 6.10. The molecule has 0 atom stereocenters. The van der Waals surface area contributed by atoms with Gasteiger partial charge in [-0.1, -0.05) is 46.2 Å². The fraction of sp³-hybridized carbons (Fsp3) is 0.650. The van der Waals surface area contributed by atoms with E-state index < -0.39 is 7.12 Å². The molecule has 0 bridgehead atoms. The van der Waals surface area contributed by atoms with Gasteiger partial charge in [0.2, 0.25) is 5.91 Å². The molecule has 0 spiro atoms. The number of carbonyl (C=O) groups excluding carboxylic acids is 1. The second kappa shape index (κ2) is 6.77. The van der Waals surface area contributed by atoms with Gasteiger partial charge in [0.1, 0.15) is 0 Å². The molecule has 1 N–H and O–H groups in total. The lowest BCUT2D eigenvalue weighted by Crippen LogP contribution is -2.41. The summed E-state index contributed by atoms with van der Waals surface area (Å²) in [7, 11) is -0.405. The Morgan fingerprint density at radius 2 is 1.60 bits per heavy atom. The summed E-state index contributed by atoms with van der Waals surface area (Å²) in [5.74, 6) is 0.0589. The molecule has 1 fully saturated rings. The van der Waals surface area contributed by atoms with Gasteiger partial charge in [-0.2, -0.15) is 0 Å². The maximum atomic E-state index is 11.9. The van der Waals surface area contributed by atoms with E-state index in [9.17, 15) is 4.79 Å². The maximum Gasteiger partial charge on any atom is 0.494 e. The summed E-state index contributed by atoms with van der Waals surface area (Å²) >= 11 is 0. The summed E-state index contributed by atoms with van der Waals surface area (Å²) < 4.78 is 12.2. The van der Waals surface area contributed by atoms with E-state index in [1.807, 2.05) is 39.8 Å². The molecular formula is C20H34BNO3. The van der Waals surface area contributed by atoms with E-state index in [0.717, 1.165) is 16.7 Å². The fourth-order valence-electron chi connectivity index (χ4n) is 3.07. The molecule has 2 aliphatic heterocycles. The minimum atomic E-state index is -0.405. The zero-order valence-corrected chi connectivity index (χ0v) is 16.9. The van der Waals surface area contributed by atoms with Gasteiger partial charge >= 0.3 is 7.12 Å². The molecule has 25 heavy (non-hydrogen) atoms. The Balaban J connectivity index is 0.000000791. The maximum absolute atomic E-state index is 11.9. The first-order chi connectivity index (χ1) is 11.4. The van der Waals surface area contributed by atoms with Gasteiger partial charge in [-0.05, 0) is 44.8 Å². The molecule has 0 aromatic heterocycles. The number of fused-ring (bicyclic) bond motifs is 1. The molecule has 1 aromatic rings. The summed E-state index contributed by atoms with van der Waals surface area (Å²) in [4.78, 5) is 11.9. The lowest BCUT2D eigenvalue weighted by Gasteiger charge is -2.32. The van der Waals surface area contributed by atoms with Crippen molar-refractivity contribution in [3.8, 4) is 0 Å². The van der Waals surface area contributed by atoms with E-state index in [-0.39, 0.29) is 24.0 Å². The van der Waals surface area contributed by atoms with Crippen LogP contribution in [0.4, 0.5) is 5.69 Å². The van der Waals surface area contributed by atoms with E-state index in [2.05, 4.69) is 39.1 Å². The minimum absolute atomic E-state index is 0. The third kappa shape index (κ3) is 3.93. The van der Waals surface area contributed by atoms with Crippen molar-refractivity contribution in [2.24, 2.45) is 0 Å². The largest absolute Gasteiger partial charge is 0.494 e. The monoisotopic (exact) mass is 347 g/mol. The molecule has 2 heterocycles. The quantitative estimate of drug-likeness (QED) is 0.772. The van der Waals surface area contributed by atoms with Crippen LogP contribution in [0.3, 0.4) is 0 Å². The predicted molar refractivity (Wildman–Crippen MR) is 107 cm³/mol. The van der Waals surface area contributed by atoms with Crippen molar-refractivity contribution in [1.82, 2.24) is 0 Å². The van der Waals surface area contributed by atoms with Crippen molar-refractivity contribution in [3.63, 3.8) is 0 Å². The molecule has 0 saturated carbocycles. The molecule has 0 aliphatic carbocycles. The second-order valence-corrected chi connectivity index (χ2v) is 8.71. The van der Waals surface area contributed by atoms with E-state index in [0.29, 0.717) is 6.42 Å². The normalized spacial score (nSPS) is 22.6. The summed E-state index contributed by atoms with van der Waals surface area (Å²) in [6.07, 6.45) is 1.76. The first kappa shape index (κ1) is 20.0. The van der Waals surface area contributed by atoms with Gasteiger partial charge in [0.15, 0.2) is 0 Å². The number of hydrogen-bond donors (Lipinski definition) is 1. The molecular weight excluding hydrogens is 313 g/mol. The Morgan fingerprint density at radius 3 is 2.12 bits per heavy atom. The van der Waals surface area contributed by atoms with Gasteiger partial charge in [-0.15, -0.1) is 0 Å². The molecule has 1 amide bonds. The highest BCUT2D eigenvalue weighted by molar-refractivity contribution is 6.62. The number of rotatable bonds is 1. The van der Waals surface area contributed by atoms with Crippen molar-refractivity contribution in [2.45, 2.75) is 84.8 Å². The van der Waals surface area contributed by atoms with Gasteiger partial charge in [0, 0.05) is 18.9 Å². The highest BCUT2D eigenvalue weighted by Crippen LogP contribution is 2.39. The number of hydrogen-bond acceptors (Lipinski definition) is 3. The Hall–Kier alpha value is -1.33. The van der Waals surface area contributed by atoms with Crippen molar-refractivity contribution >= 4 is 24.2 Å². The molecule has 3 rings (SSSR count). The van der Waals surface area contributed by atoms with E-state index in [1.165, 1.54) is 6.42 Å². The zero-order chi connectivity index (χ0) is 19.0. The molecule has 1 saturated heterocycles. The van der Waals surface area contributed by atoms with Crippen LogP contribution in [0.2, 0.25) is 0 Å². The van der Waals surface area contributed by atoms with Crippen LogP contribution < -0.4 is 10.8 Å². The van der Waals surface area contributed by atoms with Gasteiger partial charge in [-0.25, -0.2) is 0 Å². The summed E-state index contributed by atoms with van der Waals surface area (Å²) in [6.45, 7) is 16.6. The van der Waals surface area contributed by atoms with Crippen LogP contribution in [0.1, 0.15) is 75.2 Å². The van der Waals surface area contributed by atoms with E-state index in [4.69, 9.17) is 9.31 Å². The topological polar surface area (TPSA) is 47.6 Å². The van der Waals surface area contributed by atoms with Crippen LogP contribution in [0, 0.1) is 0 Å². The molecule has 140 valence electrons. The molecule has 0 unspecified atom stereocenters. The van der Waals surface area contributed by atoms with Crippen molar-refractivity contribution in [3.05, 3.63) is 23.8 Å². The Kier molecular flexibility index (Phi) is 5.41. The Labute approximate surface area is 154 Å². The van der Waals surface area contributed by atoms with Gasteiger partial charge in [-0.3, -0.25) is 4.79 Å². The minimum Gasteiger partial charge on any atom is -0.399 e. The molecule has 4 nitrogen and oxygen atoms in total. The van der Waals surface area contributed by atoms with E-state index in [1.54, 1.807) is 0 Å². The average Bonchev–Trinajstić information content (AvgIpc) is 2.66. The highest BCUT2D eigenvalue weighted by atomic mass is 16.7. The first-order valence-corrected chi connectivity index (χ1v) is 9.23. The van der Waals surface area contributed by atoms with Gasteiger partial charge < -0.3 is 14.6 Å². The number of carbonyl (C=O) groups is 1. The SMILES string of the molecule is CC1(C)CC(=O)Nc2cc(B3OC(C)(C)C(C)(C)O3)ccc21.CCC.[HH]. The van der Waals surface area contributed by atoms with Crippen molar-refractivity contribution in [2.75, 3.05) is 5.32 Å². The molecule has 5 heteroatoms. The number of nitrogens with one attached hydrogen (secondary N) is 1. The second-order valence-electron chi connectivity index (χ2n) is 8.71. The van der Waals surface area contributed by atoms with Crippen LogP contribution in [-0.2, 0) is 19.5 Å². The van der Waals surface area contributed by atoms with Crippen molar-refractivity contribution < 1.29 is 15.5 Å². The first-order valence-electron chi connectivity index (χ1n) is 9.23. The zero-order valence-electron chi connectivity index (χ0n) is 16.9. The number of benzene rings is 1. The number of anilines is 1. The summed E-state index contributed by atoms with van der Waals surface area (Å²) in [5.41, 5.74) is 2.09. The summed E-state index contributed by atoms with van der Waals surface area (Å²) in [5, 5.41) is 2.97. The van der Waals surface area contributed by atoms with Gasteiger partial charge in [0.05, 0.1) is 11.2 Å². The van der Waals surface area contributed by atoms with Gasteiger partial charge in [0.25, 0.3) is 0 Å². The molecule has 0 radical (unpaired) electrons. The van der Waals surface area contributed by atoms with Crippen molar-refractivity contribution in [1.29, 1.82) is 0 Å². The molecule has 2 aliphatic rings. The smallest absolute Gasteiger partial charge is 0.399 e. The number of amides is 1. The average molecular weight is 347 g/mol. The highest BCUT2D eigenvalue weighted by Gasteiger charge is 2.51. The van der Waals surface area contributed by atoms with E-state index >= 15 is 0 Å². The van der Waals surface area contributed by atoms with Crippen LogP contribution in [0.25, 0.3) is 0 Å². The third-order valence-corrected chi connectivity index (χ3v) is 5.17. The fourth-order valence-corrected chi connectivity index (χ4v) is 3.07. The molecule has 1 aromatic carbocycles.